The van der Waals surface area contributed by atoms with Crippen molar-refractivity contribution in [1.82, 2.24) is 15.1 Å². The maximum atomic E-state index is 8.46. The number of nitrogens with one attached hydrogen (secondary N) is 1. The minimum atomic E-state index is 0.0909. The van der Waals surface area contributed by atoms with E-state index in [4.69, 9.17) is 5.26 Å². The molecule has 1 aromatic rings. The molecule has 0 spiro atoms. The Bertz CT molecular complexity index is 351. The fourth-order valence-corrected chi connectivity index (χ4v) is 1.54. The first-order valence-electron chi connectivity index (χ1n) is 4.50. The van der Waals surface area contributed by atoms with Crippen LogP contribution in [0.15, 0.2) is 23.5 Å². The minimum Gasteiger partial charge on any atom is -0.272 e. The van der Waals surface area contributed by atoms with Crippen molar-refractivity contribution in [2.24, 2.45) is 4.99 Å². The predicted octanol–water partition coefficient (Wildman–Crippen LogP) is 1.06. The molecule has 80 valence electrons. The smallest absolute Gasteiger partial charge is 0.183 e. The number of aromatic nitrogens is 2. The molecule has 6 heteroatoms. The molecule has 0 fully saturated rings. The van der Waals surface area contributed by atoms with E-state index >= 15 is 0 Å². The van der Waals surface area contributed by atoms with E-state index in [2.05, 4.69) is 15.4 Å². The Morgan fingerprint density at radius 3 is 3.13 bits per heavy atom. The Labute approximate surface area is 93.2 Å². The molecule has 0 amide bonds. The highest BCUT2D eigenvalue weighted by molar-refractivity contribution is 8.13. The second-order valence-electron chi connectivity index (χ2n) is 2.95. The van der Waals surface area contributed by atoms with E-state index in [0.717, 1.165) is 0 Å². The Balaban J connectivity index is 2.53. The van der Waals surface area contributed by atoms with Gasteiger partial charge in [-0.1, -0.05) is 11.8 Å². The average molecular weight is 223 g/mol. The Hall–Kier alpha value is -1.48. The summed E-state index contributed by atoms with van der Waals surface area (Å²) in [7, 11) is 0. The third-order valence-corrected chi connectivity index (χ3v) is 2.30. The summed E-state index contributed by atoms with van der Waals surface area (Å²) in [5, 5.41) is 15.7. The zero-order chi connectivity index (χ0) is 11.1. The number of aliphatic imine (C=N–C) groups is 1. The summed E-state index contributed by atoms with van der Waals surface area (Å²) in [6.07, 6.45) is 7.36. The standard InChI is InChI=1S/C9H13N5S/c1-8(6-14-5-3-4-12-14)13-9(15-2)11-7-10/h3-5,8H,6H2,1-2H3,(H,11,13). The average Bonchev–Trinajstić information content (AvgIpc) is 2.69. The van der Waals surface area contributed by atoms with Crippen LogP contribution < -0.4 is 5.32 Å². The first-order chi connectivity index (χ1) is 7.26. The SMILES string of the molecule is CSC(=NC(C)Cn1cccn1)NC#N. The number of hydrogen-bond donors (Lipinski definition) is 1. The molecule has 5 nitrogen and oxygen atoms in total. The van der Waals surface area contributed by atoms with Crippen molar-refractivity contribution >= 4 is 16.9 Å². The highest BCUT2D eigenvalue weighted by Gasteiger charge is 2.03. The van der Waals surface area contributed by atoms with Crippen molar-refractivity contribution in [3.8, 4) is 6.19 Å². The lowest BCUT2D eigenvalue weighted by atomic mass is 10.3. The molecule has 0 saturated heterocycles. The number of nitrogens with zero attached hydrogens (tertiary/aromatic N) is 4. The summed E-state index contributed by atoms with van der Waals surface area (Å²) >= 11 is 1.42. The van der Waals surface area contributed by atoms with E-state index in [1.807, 2.05) is 36.3 Å². The van der Waals surface area contributed by atoms with Crippen LogP contribution >= 0.6 is 11.8 Å². The molecule has 0 aromatic carbocycles. The van der Waals surface area contributed by atoms with Crippen LogP contribution in [0.5, 0.6) is 0 Å². The molecule has 0 radical (unpaired) electrons. The Kier molecular flexibility index (Phi) is 4.71. The number of rotatable bonds is 3. The van der Waals surface area contributed by atoms with Gasteiger partial charge in [-0.2, -0.15) is 10.4 Å². The summed E-state index contributed by atoms with van der Waals surface area (Å²) in [5.74, 6) is 0. The second kappa shape index (κ2) is 6.09. The lowest BCUT2D eigenvalue weighted by Gasteiger charge is -2.08. The first kappa shape index (κ1) is 11.6. The van der Waals surface area contributed by atoms with Gasteiger partial charge in [0.1, 0.15) is 0 Å². The topological polar surface area (TPSA) is 66.0 Å². The second-order valence-corrected chi connectivity index (χ2v) is 3.75. The van der Waals surface area contributed by atoms with Gasteiger partial charge in [0.25, 0.3) is 0 Å². The summed E-state index contributed by atoms with van der Waals surface area (Å²) in [6, 6.07) is 1.97. The van der Waals surface area contributed by atoms with Crippen LogP contribution in [0.1, 0.15) is 6.92 Å². The molecule has 0 aliphatic heterocycles. The van der Waals surface area contributed by atoms with Gasteiger partial charge in [-0.15, -0.1) is 0 Å². The monoisotopic (exact) mass is 223 g/mol. The van der Waals surface area contributed by atoms with Crippen molar-refractivity contribution in [1.29, 1.82) is 5.26 Å². The molecule has 1 N–H and O–H groups in total. The van der Waals surface area contributed by atoms with Gasteiger partial charge in [0, 0.05) is 12.4 Å². The molecule has 1 unspecified atom stereocenters. The number of thioether (sulfide) groups is 1. The van der Waals surface area contributed by atoms with E-state index < -0.39 is 0 Å². The van der Waals surface area contributed by atoms with Gasteiger partial charge < -0.3 is 0 Å². The Morgan fingerprint density at radius 1 is 1.80 bits per heavy atom. The molecule has 0 saturated carbocycles. The molecule has 0 aliphatic rings. The fraction of sp³-hybridized carbons (Fsp3) is 0.444. The van der Waals surface area contributed by atoms with Crippen LogP contribution in [0.2, 0.25) is 0 Å². The zero-order valence-corrected chi connectivity index (χ0v) is 9.53. The van der Waals surface area contributed by atoms with Crippen molar-refractivity contribution in [2.75, 3.05) is 6.26 Å². The van der Waals surface area contributed by atoms with E-state index in [1.54, 1.807) is 6.20 Å². The molecule has 1 rings (SSSR count). The maximum absolute atomic E-state index is 8.46. The molecular weight excluding hydrogens is 210 g/mol. The first-order valence-corrected chi connectivity index (χ1v) is 5.73. The molecule has 15 heavy (non-hydrogen) atoms. The van der Waals surface area contributed by atoms with E-state index in [9.17, 15) is 0 Å². The lowest BCUT2D eigenvalue weighted by molar-refractivity contribution is 0.540. The van der Waals surface area contributed by atoms with E-state index in [1.165, 1.54) is 11.8 Å². The van der Waals surface area contributed by atoms with Gasteiger partial charge in [0.05, 0.1) is 12.6 Å². The number of hydrogen-bond acceptors (Lipinski definition) is 4. The van der Waals surface area contributed by atoms with Crippen LogP contribution in [0.3, 0.4) is 0 Å². The third kappa shape index (κ3) is 4.04. The largest absolute Gasteiger partial charge is 0.272 e. The predicted molar refractivity (Wildman–Crippen MR) is 61.4 cm³/mol. The summed E-state index contributed by atoms with van der Waals surface area (Å²) in [5.41, 5.74) is 0. The Morgan fingerprint density at radius 2 is 2.60 bits per heavy atom. The van der Waals surface area contributed by atoms with Crippen LogP contribution in [-0.4, -0.2) is 27.2 Å². The van der Waals surface area contributed by atoms with Gasteiger partial charge in [-0.25, -0.2) is 0 Å². The summed E-state index contributed by atoms with van der Waals surface area (Å²) in [6.45, 7) is 2.70. The van der Waals surface area contributed by atoms with Crippen LogP contribution in [-0.2, 0) is 6.54 Å². The highest BCUT2D eigenvalue weighted by Crippen LogP contribution is 2.01. The summed E-state index contributed by atoms with van der Waals surface area (Å²) in [4.78, 5) is 4.34. The van der Waals surface area contributed by atoms with Crippen LogP contribution in [0, 0.1) is 11.5 Å². The highest BCUT2D eigenvalue weighted by atomic mass is 32.2. The minimum absolute atomic E-state index is 0.0909. The zero-order valence-electron chi connectivity index (χ0n) is 8.71. The van der Waals surface area contributed by atoms with Gasteiger partial charge in [-0.05, 0) is 19.2 Å². The molecule has 1 atom stereocenters. The van der Waals surface area contributed by atoms with E-state index in [0.29, 0.717) is 11.7 Å². The van der Waals surface area contributed by atoms with Gasteiger partial charge in [-0.3, -0.25) is 15.0 Å². The normalized spacial score (nSPS) is 13.3. The van der Waals surface area contributed by atoms with Gasteiger partial charge in [0.2, 0.25) is 0 Å². The van der Waals surface area contributed by atoms with Gasteiger partial charge >= 0.3 is 0 Å². The quantitative estimate of drug-likeness (QED) is 0.360. The molecular formula is C9H13N5S. The molecule has 0 aliphatic carbocycles. The fourth-order valence-electron chi connectivity index (χ4n) is 1.10. The molecule has 0 bridgehead atoms. The van der Waals surface area contributed by atoms with Crippen molar-refractivity contribution in [3.05, 3.63) is 18.5 Å². The maximum Gasteiger partial charge on any atom is 0.183 e. The van der Waals surface area contributed by atoms with E-state index in [-0.39, 0.29) is 6.04 Å². The lowest BCUT2D eigenvalue weighted by Crippen LogP contribution is -2.19. The molecule has 1 heterocycles. The number of amidine groups is 1. The summed E-state index contributed by atoms with van der Waals surface area (Å²) < 4.78 is 1.82. The number of nitriles is 1. The van der Waals surface area contributed by atoms with Crippen LogP contribution in [0.4, 0.5) is 0 Å². The van der Waals surface area contributed by atoms with Crippen molar-refractivity contribution in [3.63, 3.8) is 0 Å². The van der Waals surface area contributed by atoms with Crippen molar-refractivity contribution in [2.45, 2.75) is 19.5 Å². The van der Waals surface area contributed by atoms with Crippen LogP contribution in [0.25, 0.3) is 0 Å². The van der Waals surface area contributed by atoms with Gasteiger partial charge in [0.15, 0.2) is 11.4 Å². The van der Waals surface area contributed by atoms with Crippen molar-refractivity contribution < 1.29 is 0 Å². The third-order valence-electron chi connectivity index (χ3n) is 1.70. The molecule has 1 aromatic heterocycles.